The molecule has 0 saturated heterocycles. The SMILES string of the molecule is Cc1cc(=O)n(CC(O)c2cccc(Cl)c2)cc1[N+](=O)[O-]. The minimum Gasteiger partial charge on any atom is -0.387 e. The highest BCUT2D eigenvalue weighted by molar-refractivity contribution is 6.30. The lowest BCUT2D eigenvalue weighted by molar-refractivity contribution is -0.386. The number of hydrogen-bond acceptors (Lipinski definition) is 4. The van der Waals surface area contributed by atoms with Gasteiger partial charge in [0.05, 0.1) is 23.8 Å². The molecule has 1 aromatic heterocycles. The predicted molar refractivity (Wildman–Crippen MR) is 78.5 cm³/mol. The predicted octanol–water partition coefficient (Wildman–Crippen LogP) is 2.45. The van der Waals surface area contributed by atoms with Crippen LogP contribution in [0.5, 0.6) is 0 Å². The van der Waals surface area contributed by atoms with Crippen molar-refractivity contribution >= 4 is 17.3 Å². The summed E-state index contributed by atoms with van der Waals surface area (Å²) in [5.41, 5.74) is 0.267. The highest BCUT2D eigenvalue weighted by Crippen LogP contribution is 2.20. The molecule has 110 valence electrons. The fourth-order valence-electron chi connectivity index (χ4n) is 1.99. The third-order valence-corrected chi connectivity index (χ3v) is 3.34. The number of aliphatic hydroxyl groups is 1. The molecule has 0 aliphatic rings. The van der Waals surface area contributed by atoms with Crippen molar-refractivity contribution in [3.63, 3.8) is 0 Å². The Morgan fingerprint density at radius 2 is 2.14 bits per heavy atom. The van der Waals surface area contributed by atoms with Crippen molar-refractivity contribution < 1.29 is 10.0 Å². The van der Waals surface area contributed by atoms with Gasteiger partial charge in [0, 0.05) is 16.7 Å². The van der Waals surface area contributed by atoms with E-state index in [0.717, 1.165) is 10.8 Å². The molecule has 2 rings (SSSR count). The van der Waals surface area contributed by atoms with Gasteiger partial charge in [-0.2, -0.15) is 0 Å². The Balaban J connectivity index is 2.33. The van der Waals surface area contributed by atoms with Gasteiger partial charge in [0.1, 0.15) is 0 Å². The monoisotopic (exact) mass is 308 g/mol. The van der Waals surface area contributed by atoms with Gasteiger partial charge in [-0.3, -0.25) is 14.9 Å². The van der Waals surface area contributed by atoms with E-state index >= 15 is 0 Å². The van der Waals surface area contributed by atoms with E-state index in [1.54, 1.807) is 24.3 Å². The van der Waals surface area contributed by atoms with Crippen molar-refractivity contribution in [1.29, 1.82) is 0 Å². The topological polar surface area (TPSA) is 85.4 Å². The van der Waals surface area contributed by atoms with Gasteiger partial charge < -0.3 is 9.67 Å². The molecule has 0 radical (unpaired) electrons. The van der Waals surface area contributed by atoms with E-state index in [0.29, 0.717) is 16.1 Å². The van der Waals surface area contributed by atoms with Gasteiger partial charge in [0.25, 0.3) is 11.2 Å². The Bertz CT molecular complexity index is 742. The Morgan fingerprint density at radius 1 is 1.43 bits per heavy atom. The quantitative estimate of drug-likeness (QED) is 0.694. The van der Waals surface area contributed by atoms with Gasteiger partial charge in [-0.05, 0) is 24.6 Å². The molecular weight excluding hydrogens is 296 g/mol. The molecule has 0 fully saturated rings. The molecule has 6 nitrogen and oxygen atoms in total. The molecule has 0 aliphatic heterocycles. The number of hydrogen-bond donors (Lipinski definition) is 1. The summed E-state index contributed by atoms with van der Waals surface area (Å²) in [4.78, 5) is 22.2. The molecule has 21 heavy (non-hydrogen) atoms. The Hall–Kier alpha value is -2.18. The molecule has 1 atom stereocenters. The molecule has 7 heteroatoms. The Labute approximate surface area is 125 Å². The van der Waals surface area contributed by atoms with Crippen molar-refractivity contribution in [3.05, 3.63) is 73.1 Å². The first kappa shape index (κ1) is 15.2. The smallest absolute Gasteiger partial charge is 0.288 e. The summed E-state index contributed by atoms with van der Waals surface area (Å²) in [5, 5.41) is 21.5. The average molecular weight is 309 g/mol. The second kappa shape index (κ2) is 6.07. The van der Waals surface area contributed by atoms with Crippen LogP contribution in [0.25, 0.3) is 0 Å². The second-order valence-electron chi connectivity index (χ2n) is 4.66. The largest absolute Gasteiger partial charge is 0.387 e. The molecule has 0 saturated carbocycles. The molecule has 2 aromatic rings. The van der Waals surface area contributed by atoms with E-state index < -0.39 is 16.6 Å². The van der Waals surface area contributed by atoms with Crippen LogP contribution in [-0.2, 0) is 6.54 Å². The lowest BCUT2D eigenvalue weighted by atomic mass is 10.1. The number of rotatable bonds is 4. The van der Waals surface area contributed by atoms with Crippen LogP contribution in [0, 0.1) is 17.0 Å². The van der Waals surface area contributed by atoms with Gasteiger partial charge in [-0.25, -0.2) is 0 Å². The lowest BCUT2D eigenvalue weighted by Crippen LogP contribution is -2.23. The minimum absolute atomic E-state index is 0.0830. The first-order valence-electron chi connectivity index (χ1n) is 6.17. The maximum Gasteiger partial charge on any atom is 0.288 e. The second-order valence-corrected chi connectivity index (χ2v) is 5.10. The maximum absolute atomic E-state index is 11.9. The number of pyridine rings is 1. The third kappa shape index (κ3) is 3.48. The fourth-order valence-corrected chi connectivity index (χ4v) is 2.19. The van der Waals surface area contributed by atoms with Crippen LogP contribution in [0.1, 0.15) is 17.2 Å². The third-order valence-electron chi connectivity index (χ3n) is 3.10. The van der Waals surface area contributed by atoms with E-state index in [2.05, 4.69) is 0 Å². The summed E-state index contributed by atoms with van der Waals surface area (Å²) in [7, 11) is 0. The summed E-state index contributed by atoms with van der Waals surface area (Å²) in [6, 6.07) is 7.79. The highest BCUT2D eigenvalue weighted by Gasteiger charge is 2.16. The lowest BCUT2D eigenvalue weighted by Gasteiger charge is -2.13. The molecule has 0 bridgehead atoms. The first-order chi connectivity index (χ1) is 9.88. The van der Waals surface area contributed by atoms with E-state index in [1.165, 1.54) is 13.0 Å². The van der Waals surface area contributed by atoms with Crippen LogP contribution in [0.4, 0.5) is 5.69 Å². The standard InChI is InChI=1S/C14H13ClN2O4/c1-9-5-14(19)16(7-12(9)17(20)21)8-13(18)10-3-2-4-11(15)6-10/h2-7,13,18H,8H2,1H3. The zero-order chi connectivity index (χ0) is 15.6. The number of benzene rings is 1. The number of nitrogens with zero attached hydrogens (tertiary/aromatic N) is 2. The minimum atomic E-state index is -0.983. The van der Waals surface area contributed by atoms with Gasteiger partial charge in [-0.15, -0.1) is 0 Å². The molecule has 0 aliphatic carbocycles. The van der Waals surface area contributed by atoms with Gasteiger partial charge in [-0.1, -0.05) is 23.7 Å². The summed E-state index contributed by atoms with van der Waals surface area (Å²) in [6.07, 6.45) is 0.162. The first-order valence-corrected chi connectivity index (χ1v) is 6.55. The van der Waals surface area contributed by atoms with Crippen LogP contribution in [0.15, 0.2) is 41.3 Å². The van der Waals surface area contributed by atoms with Crippen molar-refractivity contribution in [1.82, 2.24) is 4.57 Å². The Kier molecular flexibility index (Phi) is 4.40. The molecule has 1 aromatic carbocycles. The number of halogens is 1. The van der Waals surface area contributed by atoms with Gasteiger partial charge in [0.2, 0.25) is 0 Å². The molecule has 0 spiro atoms. The summed E-state index contributed by atoms with van der Waals surface area (Å²) >= 11 is 5.84. The van der Waals surface area contributed by atoms with Crippen LogP contribution in [0.3, 0.4) is 0 Å². The molecular formula is C14H13ClN2O4. The summed E-state index contributed by atoms with van der Waals surface area (Å²) in [6.45, 7) is 1.41. The molecule has 0 amide bonds. The summed E-state index contributed by atoms with van der Waals surface area (Å²) in [5.74, 6) is 0. The van der Waals surface area contributed by atoms with E-state index in [9.17, 15) is 20.0 Å². The van der Waals surface area contributed by atoms with Crippen molar-refractivity contribution in [2.24, 2.45) is 0 Å². The average Bonchev–Trinajstić information content (AvgIpc) is 2.41. The highest BCUT2D eigenvalue weighted by atomic mass is 35.5. The fraction of sp³-hybridized carbons (Fsp3) is 0.214. The molecule has 1 unspecified atom stereocenters. The van der Waals surface area contributed by atoms with Gasteiger partial charge >= 0.3 is 0 Å². The maximum atomic E-state index is 11.9. The summed E-state index contributed by atoms with van der Waals surface area (Å²) < 4.78 is 1.12. The van der Waals surface area contributed by atoms with E-state index in [-0.39, 0.29) is 12.2 Å². The van der Waals surface area contributed by atoms with E-state index in [4.69, 9.17) is 11.6 Å². The molecule has 1 heterocycles. The van der Waals surface area contributed by atoms with Crippen molar-refractivity contribution in [3.8, 4) is 0 Å². The van der Waals surface area contributed by atoms with Crippen LogP contribution in [-0.4, -0.2) is 14.6 Å². The zero-order valence-corrected chi connectivity index (χ0v) is 11.9. The Morgan fingerprint density at radius 3 is 2.76 bits per heavy atom. The van der Waals surface area contributed by atoms with Crippen molar-refractivity contribution in [2.45, 2.75) is 19.6 Å². The number of nitro groups is 1. The van der Waals surface area contributed by atoms with Crippen LogP contribution >= 0.6 is 11.6 Å². The number of aliphatic hydroxyl groups excluding tert-OH is 1. The van der Waals surface area contributed by atoms with Crippen LogP contribution < -0.4 is 5.56 Å². The normalized spacial score (nSPS) is 12.1. The van der Waals surface area contributed by atoms with Crippen molar-refractivity contribution in [2.75, 3.05) is 0 Å². The number of aromatic nitrogens is 1. The van der Waals surface area contributed by atoms with E-state index in [1.807, 2.05) is 0 Å². The number of aryl methyl sites for hydroxylation is 1. The van der Waals surface area contributed by atoms with Crippen LogP contribution in [0.2, 0.25) is 5.02 Å². The molecule has 1 N–H and O–H groups in total. The van der Waals surface area contributed by atoms with Gasteiger partial charge in [0.15, 0.2) is 0 Å². The zero-order valence-electron chi connectivity index (χ0n) is 11.2.